The van der Waals surface area contributed by atoms with Crippen LogP contribution in [-0.2, 0) is 4.79 Å². The van der Waals surface area contributed by atoms with Gasteiger partial charge in [0.25, 0.3) is 0 Å². The topological polar surface area (TPSA) is 17.1 Å². The van der Waals surface area contributed by atoms with Crippen LogP contribution in [0.5, 0.6) is 0 Å². The molecule has 0 aromatic carbocycles. The number of hydrogen-bond acceptors (Lipinski definition) is 1. The minimum absolute atomic E-state index is 0.395. The van der Waals surface area contributed by atoms with Crippen molar-refractivity contribution in [1.29, 1.82) is 0 Å². The molecule has 0 heterocycles. The van der Waals surface area contributed by atoms with Crippen LogP contribution in [0.25, 0.3) is 0 Å². The van der Waals surface area contributed by atoms with Crippen LogP contribution in [-0.4, -0.2) is 5.78 Å². The van der Waals surface area contributed by atoms with Crippen molar-refractivity contribution in [2.75, 3.05) is 0 Å². The normalized spacial score (nSPS) is 35.5. The molecule has 0 spiro atoms. The molecule has 0 amide bonds. The molecule has 1 nitrogen and oxygen atoms in total. The fourth-order valence-corrected chi connectivity index (χ4v) is 2.41. The lowest BCUT2D eigenvalue weighted by Crippen LogP contribution is -2.11. The molecule has 76 valence electrons. The molecule has 14 heavy (non-hydrogen) atoms. The summed E-state index contributed by atoms with van der Waals surface area (Å²) in [6.45, 7) is 2.25. The fraction of sp³-hybridized carbons (Fsp3) is 0.615. The van der Waals surface area contributed by atoms with Crippen LogP contribution < -0.4 is 0 Å². The molecular weight excluding hydrogens is 172 g/mol. The van der Waals surface area contributed by atoms with Gasteiger partial charge in [-0.2, -0.15) is 0 Å². The second-order valence-corrected chi connectivity index (χ2v) is 4.50. The number of rotatable bonds is 1. The molecule has 1 heteroatoms. The summed E-state index contributed by atoms with van der Waals surface area (Å²) < 4.78 is 0. The van der Waals surface area contributed by atoms with E-state index in [1.54, 1.807) is 0 Å². The van der Waals surface area contributed by atoms with Crippen molar-refractivity contribution in [3.63, 3.8) is 0 Å². The number of carbonyl (C=O) groups excluding carboxylic acids is 1. The summed E-state index contributed by atoms with van der Waals surface area (Å²) in [7, 11) is 0. The van der Waals surface area contributed by atoms with Gasteiger partial charge in [0.05, 0.1) is 0 Å². The van der Waals surface area contributed by atoms with Crippen molar-refractivity contribution in [2.45, 2.75) is 39.0 Å². The smallest absolute Gasteiger partial charge is 0.158 e. The van der Waals surface area contributed by atoms with E-state index >= 15 is 0 Å². The van der Waals surface area contributed by atoms with Crippen LogP contribution in [0.15, 0.2) is 23.8 Å². The van der Waals surface area contributed by atoms with E-state index in [2.05, 4.69) is 25.2 Å². The third-order valence-electron chi connectivity index (χ3n) is 3.41. The van der Waals surface area contributed by atoms with Gasteiger partial charge in [-0.05, 0) is 43.1 Å². The molecule has 0 bridgehead atoms. The molecule has 2 aliphatic carbocycles. The Morgan fingerprint density at radius 2 is 2.29 bits per heavy atom. The first-order valence-corrected chi connectivity index (χ1v) is 5.68. The van der Waals surface area contributed by atoms with Gasteiger partial charge < -0.3 is 0 Å². The van der Waals surface area contributed by atoms with E-state index in [4.69, 9.17) is 0 Å². The maximum absolute atomic E-state index is 11.5. The van der Waals surface area contributed by atoms with Gasteiger partial charge in [-0.15, -0.1) is 0 Å². The lowest BCUT2D eigenvalue weighted by Gasteiger charge is -2.21. The van der Waals surface area contributed by atoms with Crippen LogP contribution >= 0.6 is 0 Å². The summed E-state index contributed by atoms with van der Waals surface area (Å²) in [6.07, 6.45) is 12.1. The number of hydrogen-bond donors (Lipinski definition) is 0. The first-order chi connectivity index (χ1) is 6.77. The monoisotopic (exact) mass is 190 g/mol. The summed E-state index contributed by atoms with van der Waals surface area (Å²) in [5.41, 5.74) is 1.11. The molecule has 0 saturated heterocycles. The van der Waals surface area contributed by atoms with Gasteiger partial charge in [-0.1, -0.05) is 25.2 Å². The first-order valence-electron chi connectivity index (χ1n) is 5.68. The predicted molar refractivity (Wildman–Crippen MR) is 58.0 cm³/mol. The average Bonchev–Trinajstić information content (AvgIpc) is 2.56. The Labute approximate surface area is 85.9 Å². The zero-order valence-corrected chi connectivity index (χ0v) is 8.83. The molecule has 2 aliphatic rings. The second-order valence-electron chi connectivity index (χ2n) is 4.50. The highest BCUT2D eigenvalue weighted by Gasteiger charge is 2.21. The van der Waals surface area contributed by atoms with Crippen LogP contribution in [0.4, 0.5) is 0 Å². The minimum atomic E-state index is 0.395. The maximum atomic E-state index is 11.5. The lowest BCUT2D eigenvalue weighted by molar-refractivity contribution is -0.114. The van der Waals surface area contributed by atoms with Gasteiger partial charge in [-0.3, -0.25) is 4.79 Å². The van der Waals surface area contributed by atoms with Gasteiger partial charge >= 0.3 is 0 Å². The van der Waals surface area contributed by atoms with Crippen LogP contribution in [0.1, 0.15) is 39.0 Å². The van der Waals surface area contributed by atoms with E-state index < -0.39 is 0 Å². The van der Waals surface area contributed by atoms with E-state index in [0.717, 1.165) is 24.8 Å². The molecule has 1 fully saturated rings. The lowest BCUT2D eigenvalue weighted by atomic mass is 9.84. The molecule has 0 aromatic rings. The van der Waals surface area contributed by atoms with E-state index in [0.29, 0.717) is 17.6 Å². The van der Waals surface area contributed by atoms with Crippen LogP contribution in [0.3, 0.4) is 0 Å². The van der Waals surface area contributed by atoms with Crippen molar-refractivity contribution < 1.29 is 4.79 Å². The molecule has 0 N–H and O–H groups in total. The average molecular weight is 190 g/mol. The molecule has 0 aromatic heterocycles. The minimum Gasteiger partial charge on any atom is -0.295 e. The number of ketones is 1. The number of Topliss-reactive ketones (excluding diaryl/α,β-unsaturated/α-hetero) is 1. The van der Waals surface area contributed by atoms with Crippen molar-refractivity contribution in [1.82, 2.24) is 0 Å². The predicted octanol–water partition coefficient (Wildman–Crippen LogP) is 3.27. The quantitative estimate of drug-likeness (QED) is 0.458. The Balaban J connectivity index is 2.08. The zero-order chi connectivity index (χ0) is 9.97. The van der Waals surface area contributed by atoms with Gasteiger partial charge in [0.15, 0.2) is 5.78 Å². The Hall–Kier alpha value is -0.850. The van der Waals surface area contributed by atoms with Crippen LogP contribution in [0.2, 0.25) is 0 Å². The summed E-state index contributed by atoms with van der Waals surface area (Å²) in [5, 5.41) is 0. The standard InChI is InChI=1S/C13H18O/c1-10-5-2-3-6-11(10)9-12-7-4-8-13(12)14/h2,5,9-11H,3-4,6-8H2,1H3. The highest BCUT2D eigenvalue weighted by Crippen LogP contribution is 2.30. The largest absolute Gasteiger partial charge is 0.295 e. The van der Waals surface area contributed by atoms with Gasteiger partial charge in [-0.25, -0.2) is 0 Å². The summed E-state index contributed by atoms with van der Waals surface area (Å²) in [5.74, 6) is 1.62. The molecule has 1 saturated carbocycles. The Morgan fingerprint density at radius 3 is 2.93 bits per heavy atom. The third-order valence-corrected chi connectivity index (χ3v) is 3.41. The first kappa shape index (κ1) is 9.70. The highest BCUT2D eigenvalue weighted by molar-refractivity contribution is 5.97. The molecule has 2 atom stereocenters. The molecule has 2 unspecified atom stereocenters. The second kappa shape index (κ2) is 4.12. The Bertz CT molecular complexity index is 286. The van der Waals surface area contributed by atoms with Gasteiger partial charge in [0, 0.05) is 6.42 Å². The molecular formula is C13H18O. The summed E-state index contributed by atoms with van der Waals surface area (Å²) in [6, 6.07) is 0. The van der Waals surface area contributed by atoms with Gasteiger partial charge in [0.1, 0.15) is 0 Å². The molecule has 2 rings (SSSR count). The Kier molecular flexibility index (Phi) is 2.85. The zero-order valence-electron chi connectivity index (χ0n) is 8.83. The molecule has 0 aliphatic heterocycles. The van der Waals surface area contributed by atoms with E-state index in [1.165, 1.54) is 12.8 Å². The number of carbonyl (C=O) groups is 1. The number of allylic oxidation sites excluding steroid dienone is 4. The highest BCUT2D eigenvalue weighted by atomic mass is 16.1. The van der Waals surface area contributed by atoms with Crippen molar-refractivity contribution >= 4 is 5.78 Å². The van der Waals surface area contributed by atoms with Gasteiger partial charge in [0.2, 0.25) is 0 Å². The SMILES string of the molecule is CC1C=CCCC1C=C1CCCC1=O. The van der Waals surface area contributed by atoms with Crippen molar-refractivity contribution in [2.24, 2.45) is 11.8 Å². The van der Waals surface area contributed by atoms with E-state index in [-0.39, 0.29) is 0 Å². The van der Waals surface area contributed by atoms with Crippen molar-refractivity contribution in [3.8, 4) is 0 Å². The van der Waals surface area contributed by atoms with E-state index in [1.807, 2.05) is 0 Å². The van der Waals surface area contributed by atoms with Crippen LogP contribution in [0, 0.1) is 11.8 Å². The van der Waals surface area contributed by atoms with Crippen molar-refractivity contribution in [3.05, 3.63) is 23.8 Å². The summed E-state index contributed by atoms with van der Waals surface area (Å²) >= 11 is 0. The van der Waals surface area contributed by atoms with E-state index in [9.17, 15) is 4.79 Å². The fourth-order valence-electron chi connectivity index (χ4n) is 2.41. The Morgan fingerprint density at radius 1 is 1.43 bits per heavy atom. The molecule has 0 radical (unpaired) electrons. The third kappa shape index (κ3) is 1.97. The maximum Gasteiger partial charge on any atom is 0.158 e. The summed E-state index contributed by atoms with van der Waals surface area (Å²) in [4.78, 5) is 11.5.